The lowest BCUT2D eigenvalue weighted by atomic mass is 10.1. The van der Waals surface area contributed by atoms with E-state index in [0.717, 1.165) is 31.6 Å². The highest BCUT2D eigenvalue weighted by molar-refractivity contribution is 7.18. The molecular weight excluding hydrogens is 410 g/mol. The second kappa shape index (κ2) is 8.02. The van der Waals surface area contributed by atoms with Crippen LogP contribution in [0.1, 0.15) is 5.01 Å². The number of benzene rings is 3. The fourth-order valence-corrected chi connectivity index (χ4v) is 4.77. The first-order valence-electron chi connectivity index (χ1n) is 9.93. The number of rotatable bonds is 6. The molecule has 6 nitrogen and oxygen atoms in total. The second-order valence-corrected chi connectivity index (χ2v) is 8.56. The number of hydrogen-bond acceptors (Lipinski definition) is 6. The summed E-state index contributed by atoms with van der Waals surface area (Å²) in [6.45, 7) is 0.837. The number of nitrogens with zero attached hydrogens (tertiary/aromatic N) is 2. The van der Waals surface area contributed by atoms with Crippen LogP contribution in [-0.4, -0.2) is 36.5 Å². The number of fused-ring (bicyclic) bond motifs is 4. The Bertz CT molecular complexity index is 1370. The van der Waals surface area contributed by atoms with Gasteiger partial charge in [0.2, 0.25) is 5.91 Å². The van der Waals surface area contributed by atoms with Crippen LogP contribution in [0.25, 0.3) is 32.2 Å². The predicted octanol–water partition coefficient (Wildman–Crippen LogP) is 5.27. The van der Waals surface area contributed by atoms with Gasteiger partial charge in [0, 0.05) is 16.8 Å². The lowest BCUT2D eigenvalue weighted by Crippen LogP contribution is -2.29. The summed E-state index contributed by atoms with van der Waals surface area (Å²) < 4.78 is 12.6. The third-order valence-electron chi connectivity index (χ3n) is 5.13. The van der Waals surface area contributed by atoms with Crippen molar-refractivity contribution in [2.24, 2.45) is 0 Å². The number of ether oxygens (including phenoxy) is 1. The molecule has 0 spiro atoms. The smallest absolute Gasteiger partial charge is 0.238 e. The van der Waals surface area contributed by atoms with E-state index in [-0.39, 0.29) is 12.5 Å². The monoisotopic (exact) mass is 431 g/mol. The summed E-state index contributed by atoms with van der Waals surface area (Å²) >= 11 is 1.65. The van der Waals surface area contributed by atoms with Crippen molar-refractivity contribution in [3.8, 4) is 5.75 Å². The van der Waals surface area contributed by atoms with Crippen LogP contribution in [0.4, 0.5) is 5.69 Å². The molecule has 0 fully saturated rings. The van der Waals surface area contributed by atoms with E-state index in [1.165, 1.54) is 0 Å². The lowest BCUT2D eigenvalue weighted by Gasteiger charge is -2.16. The van der Waals surface area contributed by atoms with Crippen LogP contribution in [0.3, 0.4) is 0 Å². The highest BCUT2D eigenvalue weighted by atomic mass is 32.1. The molecule has 3 aromatic carbocycles. The molecule has 2 heterocycles. The summed E-state index contributed by atoms with van der Waals surface area (Å²) in [6.07, 6.45) is 0. The fraction of sp³-hybridized carbons (Fsp3) is 0.167. The van der Waals surface area contributed by atoms with Crippen LogP contribution in [0, 0.1) is 0 Å². The van der Waals surface area contributed by atoms with E-state index in [2.05, 4.69) is 16.4 Å². The number of methoxy groups -OCH3 is 1. The highest BCUT2D eigenvalue weighted by Gasteiger charge is 2.16. The van der Waals surface area contributed by atoms with E-state index in [4.69, 9.17) is 9.15 Å². The molecule has 2 aromatic heterocycles. The topological polar surface area (TPSA) is 67.6 Å². The Morgan fingerprint density at radius 1 is 1.10 bits per heavy atom. The number of para-hydroxylation sites is 2. The largest absolute Gasteiger partial charge is 0.495 e. The van der Waals surface area contributed by atoms with E-state index in [0.29, 0.717) is 23.6 Å². The molecule has 5 rings (SSSR count). The van der Waals surface area contributed by atoms with Crippen LogP contribution in [-0.2, 0) is 11.3 Å². The molecule has 5 aromatic rings. The van der Waals surface area contributed by atoms with Gasteiger partial charge in [0.25, 0.3) is 0 Å². The van der Waals surface area contributed by atoms with Crippen LogP contribution in [0.2, 0.25) is 0 Å². The van der Waals surface area contributed by atoms with Gasteiger partial charge in [0.15, 0.2) is 0 Å². The third kappa shape index (κ3) is 3.85. The maximum Gasteiger partial charge on any atom is 0.238 e. The van der Waals surface area contributed by atoms with Crippen LogP contribution in [0.5, 0.6) is 5.75 Å². The molecule has 1 amide bonds. The average molecular weight is 432 g/mol. The molecular formula is C24H21N3O3S. The molecule has 0 aliphatic heterocycles. The molecule has 7 heteroatoms. The number of likely N-dealkylation sites (N-methyl/N-ethyl adjacent to an activating group) is 1. The Kier molecular flexibility index (Phi) is 5.05. The first-order valence-corrected chi connectivity index (χ1v) is 10.7. The van der Waals surface area contributed by atoms with E-state index < -0.39 is 0 Å². The lowest BCUT2D eigenvalue weighted by molar-refractivity contribution is -0.117. The Morgan fingerprint density at radius 3 is 2.74 bits per heavy atom. The molecule has 156 valence electrons. The van der Waals surface area contributed by atoms with Gasteiger partial charge in [-0.25, -0.2) is 4.98 Å². The minimum Gasteiger partial charge on any atom is -0.495 e. The number of carbonyl (C=O) groups excluding carboxylic acids is 1. The first kappa shape index (κ1) is 19.5. The van der Waals surface area contributed by atoms with Crippen molar-refractivity contribution in [1.82, 2.24) is 9.88 Å². The number of nitrogens with one attached hydrogen (secondary N) is 1. The number of furan rings is 1. The Balaban J connectivity index is 1.32. The Labute approximate surface area is 183 Å². The summed E-state index contributed by atoms with van der Waals surface area (Å²) in [5, 5.41) is 5.92. The van der Waals surface area contributed by atoms with Crippen molar-refractivity contribution in [3.63, 3.8) is 0 Å². The van der Waals surface area contributed by atoms with Gasteiger partial charge < -0.3 is 14.5 Å². The van der Waals surface area contributed by atoms with Gasteiger partial charge in [0.1, 0.15) is 21.9 Å². The number of aromatic nitrogens is 1. The van der Waals surface area contributed by atoms with Crippen molar-refractivity contribution in [2.75, 3.05) is 26.0 Å². The minimum absolute atomic E-state index is 0.127. The quantitative estimate of drug-likeness (QED) is 0.396. The van der Waals surface area contributed by atoms with Gasteiger partial charge >= 0.3 is 0 Å². The van der Waals surface area contributed by atoms with Gasteiger partial charge in [-0.2, -0.15) is 0 Å². The van der Waals surface area contributed by atoms with Crippen molar-refractivity contribution < 1.29 is 13.9 Å². The second-order valence-electron chi connectivity index (χ2n) is 7.44. The summed E-state index contributed by atoms with van der Waals surface area (Å²) in [5.41, 5.74) is 3.09. The summed E-state index contributed by atoms with van der Waals surface area (Å²) in [7, 11) is 3.50. The molecule has 0 saturated carbocycles. The normalized spacial score (nSPS) is 11.6. The maximum atomic E-state index is 12.7. The van der Waals surface area contributed by atoms with Gasteiger partial charge in [-0.15, -0.1) is 11.3 Å². The molecule has 0 atom stereocenters. The number of thiazole rings is 1. The van der Waals surface area contributed by atoms with E-state index >= 15 is 0 Å². The van der Waals surface area contributed by atoms with Gasteiger partial charge in [0.05, 0.1) is 36.1 Å². The van der Waals surface area contributed by atoms with Crippen molar-refractivity contribution in [2.45, 2.75) is 6.54 Å². The predicted molar refractivity (Wildman–Crippen MR) is 125 cm³/mol. The molecule has 0 aliphatic carbocycles. The number of hydrogen-bond donors (Lipinski definition) is 1. The summed E-state index contributed by atoms with van der Waals surface area (Å²) in [4.78, 5) is 19.3. The summed E-state index contributed by atoms with van der Waals surface area (Å²) in [6, 6.07) is 19.6. The summed E-state index contributed by atoms with van der Waals surface area (Å²) in [5.74, 6) is 0.471. The van der Waals surface area contributed by atoms with Crippen LogP contribution in [0.15, 0.2) is 65.1 Å². The van der Waals surface area contributed by atoms with Crippen LogP contribution < -0.4 is 10.1 Å². The molecule has 0 bridgehead atoms. The molecule has 0 saturated heterocycles. The van der Waals surface area contributed by atoms with Gasteiger partial charge in [-0.05, 0) is 31.3 Å². The maximum absolute atomic E-state index is 12.7. The molecule has 0 unspecified atom stereocenters. The van der Waals surface area contributed by atoms with Crippen molar-refractivity contribution in [1.29, 1.82) is 0 Å². The molecule has 0 aliphatic rings. The minimum atomic E-state index is -0.127. The fourth-order valence-electron chi connectivity index (χ4n) is 3.73. The SMILES string of the molecule is COc1cc2c(cc1NC(=O)CN(C)Cc1nc3ccccc3s1)oc1ccccc12. The van der Waals surface area contributed by atoms with Crippen molar-refractivity contribution in [3.05, 3.63) is 65.7 Å². The number of carbonyl (C=O) groups is 1. The van der Waals surface area contributed by atoms with Gasteiger partial charge in [-0.3, -0.25) is 9.69 Å². The van der Waals surface area contributed by atoms with E-state index in [9.17, 15) is 4.79 Å². The van der Waals surface area contributed by atoms with E-state index in [1.54, 1.807) is 18.4 Å². The van der Waals surface area contributed by atoms with E-state index in [1.807, 2.05) is 66.5 Å². The zero-order chi connectivity index (χ0) is 21.4. The Morgan fingerprint density at radius 2 is 1.90 bits per heavy atom. The zero-order valence-corrected chi connectivity index (χ0v) is 18.0. The van der Waals surface area contributed by atoms with Crippen molar-refractivity contribution >= 4 is 55.1 Å². The number of anilines is 1. The third-order valence-corrected chi connectivity index (χ3v) is 6.15. The van der Waals surface area contributed by atoms with Gasteiger partial charge in [-0.1, -0.05) is 30.3 Å². The van der Waals surface area contributed by atoms with Crippen LogP contribution >= 0.6 is 11.3 Å². The molecule has 31 heavy (non-hydrogen) atoms. The Hall–Kier alpha value is -3.42. The molecule has 1 N–H and O–H groups in total. The highest BCUT2D eigenvalue weighted by Crippen LogP contribution is 2.36. The number of amides is 1. The standard InChI is InChI=1S/C24H21N3O3S/c1-27(14-24-26-17-8-4-6-10-22(17)31-24)13-23(28)25-18-12-20-16(11-21(18)29-2)15-7-3-5-9-19(15)30-20/h3-12H,13-14H2,1-2H3,(H,25,28). The first-order chi connectivity index (χ1) is 15.1. The zero-order valence-electron chi connectivity index (χ0n) is 17.2. The molecule has 0 radical (unpaired) electrons. The average Bonchev–Trinajstić information content (AvgIpc) is 3.32.